The summed E-state index contributed by atoms with van der Waals surface area (Å²) in [6, 6.07) is 10.5. The van der Waals surface area contributed by atoms with Crippen molar-refractivity contribution in [3.8, 4) is 0 Å². The molecule has 118 valence electrons. The first kappa shape index (κ1) is 16.4. The number of carbonyl (C=O) groups is 2. The van der Waals surface area contributed by atoms with Gasteiger partial charge >= 0.3 is 0 Å². The zero-order valence-corrected chi connectivity index (χ0v) is 13.1. The SMILES string of the molecule is Cc1ccc(C(=O)NNC(=S)NC(=O)/C=C/c2ccco2)cc1. The van der Waals surface area contributed by atoms with Crippen molar-refractivity contribution < 1.29 is 14.0 Å². The van der Waals surface area contributed by atoms with Crippen LogP contribution in [-0.2, 0) is 4.79 Å². The van der Waals surface area contributed by atoms with Gasteiger partial charge in [0.25, 0.3) is 5.91 Å². The van der Waals surface area contributed by atoms with Gasteiger partial charge in [0.15, 0.2) is 5.11 Å². The van der Waals surface area contributed by atoms with Gasteiger partial charge < -0.3 is 4.42 Å². The van der Waals surface area contributed by atoms with Crippen molar-refractivity contribution in [3.05, 3.63) is 65.6 Å². The Kier molecular flexibility index (Phi) is 5.65. The molecule has 0 saturated carbocycles. The highest BCUT2D eigenvalue weighted by Gasteiger charge is 2.06. The van der Waals surface area contributed by atoms with Crippen molar-refractivity contribution in [1.29, 1.82) is 0 Å². The third-order valence-electron chi connectivity index (χ3n) is 2.78. The second-order valence-corrected chi connectivity index (χ2v) is 5.02. The van der Waals surface area contributed by atoms with Gasteiger partial charge in [-0.2, -0.15) is 0 Å². The van der Waals surface area contributed by atoms with E-state index >= 15 is 0 Å². The van der Waals surface area contributed by atoms with Gasteiger partial charge in [-0.15, -0.1) is 0 Å². The van der Waals surface area contributed by atoms with E-state index in [1.807, 2.05) is 19.1 Å². The number of hydrogen-bond acceptors (Lipinski definition) is 4. The number of carbonyl (C=O) groups excluding carboxylic acids is 2. The zero-order valence-electron chi connectivity index (χ0n) is 12.3. The van der Waals surface area contributed by atoms with E-state index < -0.39 is 5.91 Å². The summed E-state index contributed by atoms with van der Waals surface area (Å²) in [5, 5.41) is 2.38. The molecule has 2 aromatic rings. The molecule has 0 fully saturated rings. The molecule has 0 unspecified atom stereocenters. The van der Waals surface area contributed by atoms with Crippen LogP contribution in [0.2, 0.25) is 0 Å². The van der Waals surface area contributed by atoms with E-state index in [2.05, 4.69) is 16.2 Å². The number of aryl methyl sites for hydroxylation is 1. The van der Waals surface area contributed by atoms with Gasteiger partial charge in [0.2, 0.25) is 5.91 Å². The average molecular weight is 329 g/mol. The van der Waals surface area contributed by atoms with Crippen LogP contribution < -0.4 is 16.2 Å². The molecule has 0 aliphatic carbocycles. The van der Waals surface area contributed by atoms with Gasteiger partial charge in [0.1, 0.15) is 5.76 Å². The van der Waals surface area contributed by atoms with E-state index in [-0.39, 0.29) is 11.0 Å². The maximum absolute atomic E-state index is 11.9. The van der Waals surface area contributed by atoms with Crippen molar-refractivity contribution in [2.45, 2.75) is 6.92 Å². The van der Waals surface area contributed by atoms with Gasteiger partial charge in [-0.1, -0.05) is 17.7 Å². The first-order chi connectivity index (χ1) is 11.0. The fourth-order valence-corrected chi connectivity index (χ4v) is 1.77. The molecule has 1 heterocycles. The Morgan fingerprint density at radius 1 is 1.13 bits per heavy atom. The Labute approximate surface area is 138 Å². The van der Waals surface area contributed by atoms with E-state index in [9.17, 15) is 9.59 Å². The first-order valence-corrected chi connectivity index (χ1v) is 7.15. The van der Waals surface area contributed by atoms with E-state index in [4.69, 9.17) is 16.6 Å². The van der Waals surface area contributed by atoms with Gasteiger partial charge in [-0.25, -0.2) is 0 Å². The van der Waals surface area contributed by atoms with Crippen molar-refractivity contribution in [2.24, 2.45) is 0 Å². The summed E-state index contributed by atoms with van der Waals surface area (Å²) >= 11 is 4.92. The molecule has 0 aliphatic rings. The smallest absolute Gasteiger partial charge is 0.269 e. The highest BCUT2D eigenvalue weighted by Crippen LogP contribution is 2.02. The second kappa shape index (κ2) is 7.90. The van der Waals surface area contributed by atoms with Gasteiger partial charge in [0, 0.05) is 11.6 Å². The lowest BCUT2D eigenvalue weighted by Gasteiger charge is -2.09. The Hall–Kier alpha value is -2.93. The topological polar surface area (TPSA) is 83.4 Å². The number of benzene rings is 1. The average Bonchev–Trinajstić information content (AvgIpc) is 3.05. The molecule has 0 radical (unpaired) electrons. The monoisotopic (exact) mass is 329 g/mol. The predicted octanol–water partition coefficient (Wildman–Crippen LogP) is 1.94. The summed E-state index contributed by atoms with van der Waals surface area (Å²) in [4.78, 5) is 23.5. The Bertz CT molecular complexity index is 722. The molecule has 0 atom stereocenters. The first-order valence-electron chi connectivity index (χ1n) is 6.74. The molecule has 0 saturated heterocycles. The third-order valence-corrected chi connectivity index (χ3v) is 2.99. The summed E-state index contributed by atoms with van der Waals surface area (Å²) < 4.78 is 5.05. The summed E-state index contributed by atoms with van der Waals surface area (Å²) in [6.07, 6.45) is 4.28. The number of hydrazine groups is 1. The van der Waals surface area contributed by atoms with E-state index in [0.717, 1.165) is 5.56 Å². The minimum atomic E-state index is -0.441. The Morgan fingerprint density at radius 3 is 2.52 bits per heavy atom. The normalized spacial score (nSPS) is 10.3. The summed E-state index contributed by atoms with van der Waals surface area (Å²) in [5.74, 6) is -0.247. The van der Waals surface area contributed by atoms with Crippen LogP contribution in [0.4, 0.5) is 0 Å². The molecular formula is C16H15N3O3S. The fraction of sp³-hybridized carbons (Fsp3) is 0.0625. The quantitative estimate of drug-likeness (QED) is 0.455. The third kappa shape index (κ3) is 5.40. The van der Waals surface area contributed by atoms with E-state index in [0.29, 0.717) is 11.3 Å². The number of furan rings is 1. The van der Waals surface area contributed by atoms with Gasteiger partial charge in [-0.3, -0.25) is 25.8 Å². The summed E-state index contributed by atoms with van der Waals surface area (Å²) in [5.41, 5.74) is 6.41. The zero-order chi connectivity index (χ0) is 16.7. The number of nitrogens with one attached hydrogen (secondary N) is 3. The van der Waals surface area contributed by atoms with Crippen molar-refractivity contribution >= 4 is 35.2 Å². The molecular weight excluding hydrogens is 314 g/mol. The molecule has 0 bridgehead atoms. The molecule has 0 spiro atoms. The highest BCUT2D eigenvalue weighted by atomic mass is 32.1. The molecule has 6 nitrogen and oxygen atoms in total. The Balaban J connectivity index is 1.77. The van der Waals surface area contributed by atoms with Gasteiger partial charge in [0.05, 0.1) is 6.26 Å². The van der Waals surface area contributed by atoms with Crippen molar-refractivity contribution in [3.63, 3.8) is 0 Å². The van der Waals surface area contributed by atoms with Crippen LogP contribution >= 0.6 is 12.2 Å². The molecule has 23 heavy (non-hydrogen) atoms. The lowest BCUT2D eigenvalue weighted by Crippen LogP contribution is -2.48. The molecule has 1 aromatic heterocycles. The van der Waals surface area contributed by atoms with Crippen LogP contribution in [0.25, 0.3) is 6.08 Å². The molecule has 3 N–H and O–H groups in total. The summed E-state index contributed by atoms with van der Waals surface area (Å²) in [6.45, 7) is 1.93. The lowest BCUT2D eigenvalue weighted by molar-refractivity contribution is -0.115. The van der Waals surface area contributed by atoms with Crippen LogP contribution in [0.3, 0.4) is 0 Å². The van der Waals surface area contributed by atoms with Crippen LogP contribution in [-0.4, -0.2) is 16.9 Å². The van der Waals surface area contributed by atoms with Crippen molar-refractivity contribution in [1.82, 2.24) is 16.2 Å². The van der Waals surface area contributed by atoms with Crippen LogP contribution in [0, 0.1) is 6.92 Å². The van der Waals surface area contributed by atoms with Crippen LogP contribution in [0.15, 0.2) is 53.2 Å². The summed E-state index contributed by atoms with van der Waals surface area (Å²) in [7, 11) is 0. The lowest BCUT2D eigenvalue weighted by atomic mass is 10.1. The van der Waals surface area contributed by atoms with Crippen LogP contribution in [0.1, 0.15) is 21.7 Å². The number of rotatable bonds is 3. The highest BCUT2D eigenvalue weighted by molar-refractivity contribution is 7.80. The predicted molar refractivity (Wildman–Crippen MR) is 90.3 cm³/mol. The minimum absolute atomic E-state index is 0.0143. The molecule has 2 amide bonds. The largest absolute Gasteiger partial charge is 0.465 e. The van der Waals surface area contributed by atoms with E-state index in [1.165, 1.54) is 18.4 Å². The van der Waals surface area contributed by atoms with E-state index in [1.54, 1.807) is 24.3 Å². The molecule has 7 heteroatoms. The minimum Gasteiger partial charge on any atom is -0.465 e. The van der Waals surface area contributed by atoms with Crippen LogP contribution in [0.5, 0.6) is 0 Å². The molecule has 2 rings (SSSR count). The Morgan fingerprint density at radius 2 is 1.87 bits per heavy atom. The standard InChI is InChI=1S/C16H15N3O3S/c1-11-4-6-12(7-5-11)15(21)18-19-16(23)17-14(20)9-8-13-3-2-10-22-13/h2-10H,1H3,(H,18,21)(H2,17,19,20,23)/b9-8+. The number of amides is 2. The number of hydrogen-bond donors (Lipinski definition) is 3. The maximum Gasteiger partial charge on any atom is 0.269 e. The second-order valence-electron chi connectivity index (χ2n) is 4.61. The van der Waals surface area contributed by atoms with Crippen molar-refractivity contribution in [2.75, 3.05) is 0 Å². The fourth-order valence-electron chi connectivity index (χ4n) is 1.62. The number of thiocarbonyl (C=S) groups is 1. The maximum atomic E-state index is 11.9. The van der Waals surface area contributed by atoms with Gasteiger partial charge in [-0.05, 0) is 49.5 Å². The molecule has 0 aliphatic heterocycles. The molecule has 1 aromatic carbocycles.